The van der Waals surface area contributed by atoms with Gasteiger partial charge in [0.05, 0.1) is 10.9 Å². The van der Waals surface area contributed by atoms with Gasteiger partial charge in [0.2, 0.25) is 10.0 Å². The number of quaternary nitrogens is 1. The van der Waals surface area contributed by atoms with Crippen LogP contribution in [0.2, 0.25) is 0 Å². The Morgan fingerprint density at radius 2 is 1.89 bits per heavy atom. The van der Waals surface area contributed by atoms with E-state index < -0.39 is 10.0 Å². The van der Waals surface area contributed by atoms with Crippen molar-refractivity contribution in [1.29, 1.82) is 0 Å². The van der Waals surface area contributed by atoms with Gasteiger partial charge in [0.1, 0.15) is 12.4 Å². The number of rotatable bonds is 8. The molecule has 0 bridgehead atoms. The molecule has 1 aliphatic rings. The number of benzene rings is 2. The fraction of sp³-hybridized carbons (Fsp3) is 0.350. The minimum absolute atomic E-state index is 0.119. The van der Waals surface area contributed by atoms with Gasteiger partial charge in [0.25, 0.3) is 5.91 Å². The van der Waals surface area contributed by atoms with Crippen LogP contribution in [0.5, 0.6) is 0 Å². The maximum Gasteiger partial charge on any atom is 0.279 e. The highest BCUT2D eigenvalue weighted by Crippen LogP contribution is 2.18. The van der Waals surface area contributed by atoms with Crippen LogP contribution >= 0.6 is 0 Å². The lowest BCUT2D eigenvalue weighted by atomic mass is 10.2. The highest BCUT2D eigenvalue weighted by molar-refractivity contribution is 7.89. The maximum absolute atomic E-state index is 14.0. The number of anilines is 1. The zero-order valence-corrected chi connectivity index (χ0v) is 16.8. The monoisotopic (exact) mass is 406 g/mol. The fourth-order valence-corrected chi connectivity index (χ4v) is 4.03. The van der Waals surface area contributed by atoms with Gasteiger partial charge in [-0.15, -0.1) is 0 Å². The van der Waals surface area contributed by atoms with Gasteiger partial charge < -0.3 is 10.2 Å². The average molecular weight is 407 g/mol. The van der Waals surface area contributed by atoms with Gasteiger partial charge >= 0.3 is 0 Å². The summed E-state index contributed by atoms with van der Waals surface area (Å²) in [6.07, 6.45) is 2.04. The molecule has 2 aromatic carbocycles. The molecular formula is C20H25FN3O3S+. The third-order valence-corrected chi connectivity index (χ3v) is 6.63. The number of halogens is 1. The Hall–Kier alpha value is -2.29. The van der Waals surface area contributed by atoms with Crippen molar-refractivity contribution in [3.8, 4) is 0 Å². The molecule has 0 spiro atoms. The van der Waals surface area contributed by atoms with Crippen molar-refractivity contribution in [2.45, 2.75) is 30.3 Å². The highest BCUT2D eigenvalue weighted by atomic mass is 32.2. The average Bonchev–Trinajstić information content (AvgIpc) is 3.48. The molecule has 1 unspecified atom stereocenters. The number of amides is 1. The second kappa shape index (κ2) is 8.38. The van der Waals surface area contributed by atoms with E-state index in [1.165, 1.54) is 32.3 Å². The van der Waals surface area contributed by atoms with Crippen molar-refractivity contribution < 1.29 is 22.5 Å². The number of nitrogens with one attached hydrogen (secondary N) is 2. The standard InChI is InChI=1S/C20H24FN3O3S/c1-23(2)28(26,27)18-8-5-7-16(12-18)22-20(25)14-24(17-10-11-17)13-15-6-3-4-9-19(15)21/h3-9,12,17H,10-11,13-14H2,1-2H3,(H,22,25)/p+1. The molecule has 0 radical (unpaired) electrons. The van der Waals surface area contributed by atoms with Crippen molar-refractivity contribution in [3.05, 3.63) is 59.9 Å². The van der Waals surface area contributed by atoms with Crippen LogP contribution in [0.3, 0.4) is 0 Å². The topological polar surface area (TPSA) is 70.9 Å². The van der Waals surface area contributed by atoms with Crippen molar-refractivity contribution in [2.24, 2.45) is 0 Å². The van der Waals surface area contributed by atoms with Crippen LogP contribution in [-0.2, 0) is 21.4 Å². The third-order valence-electron chi connectivity index (χ3n) is 4.81. The normalized spacial score (nSPS) is 15.4. The van der Waals surface area contributed by atoms with Crippen LogP contribution in [0.15, 0.2) is 53.4 Å². The Labute approximate surface area is 165 Å². The molecule has 2 N–H and O–H groups in total. The Morgan fingerprint density at radius 3 is 2.54 bits per heavy atom. The minimum atomic E-state index is -3.57. The summed E-state index contributed by atoms with van der Waals surface area (Å²) in [6.45, 7) is 0.642. The summed E-state index contributed by atoms with van der Waals surface area (Å²) in [5.41, 5.74) is 1.02. The molecule has 6 nitrogen and oxygen atoms in total. The van der Waals surface area contributed by atoms with E-state index in [4.69, 9.17) is 0 Å². The first kappa shape index (κ1) is 20.4. The number of carbonyl (C=O) groups excluding carboxylic acids is 1. The molecule has 1 fully saturated rings. The molecule has 2 aromatic rings. The largest absolute Gasteiger partial charge is 0.321 e. The molecule has 3 rings (SSSR count). The zero-order valence-electron chi connectivity index (χ0n) is 16.0. The summed E-state index contributed by atoms with van der Waals surface area (Å²) in [5.74, 6) is -0.486. The van der Waals surface area contributed by atoms with Crippen LogP contribution in [0.4, 0.5) is 10.1 Å². The Balaban J connectivity index is 1.68. The lowest BCUT2D eigenvalue weighted by Crippen LogP contribution is -3.13. The summed E-state index contributed by atoms with van der Waals surface area (Å²) in [6, 6.07) is 13.1. The molecule has 1 atom stereocenters. The van der Waals surface area contributed by atoms with Crippen molar-refractivity contribution >= 4 is 21.6 Å². The Bertz CT molecular complexity index is 959. The smallest absolute Gasteiger partial charge is 0.279 e. The van der Waals surface area contributed by atoms with E-state index in [9.17, 15) is 17.6 Å². The van der Waals surface area contributed by atoms with Gasteiger partial charge in [-0.25, -0.2) is 17.1 Å². The predicted octanol–water partition coefficient (Wildman–Crippen LogP) is 1.26. The first-order valence-electron chi connectivity index (χ1n) is 9.18. The van der Waals surface area contributed by atoms with Gasteiger partial charge in [0, 0.05) is 38.2 Å². The van der Waals surface area contributed by atoms with E-state index >= 15 is 0 Å². The molecule has 0 aromatic heterocycles. The molecule has 28 heavy (non-hydrogen) atoms. The first-order valence-corrected chi connectivity index (χ1v) is 10.6. The Morgan fingerprint density at radius 1 is 1.18 bits per heavy atom. The number of nitrogens with zero attached hydrogens (tertiary/aromatic N) is 1. The number of sulfonamides is 1. The van der Waals surface area contributed by atoms with Gasteiger partial charge in [0.15, 0.2) is 6.54 Å². The number of hydrogen-bond donors (Lipinski definition) is 2. The lowest BCUT2D eigenvalue weighted by molar-refractivity contribution is -0.917. The summed E-state index contributed by atoms with van der Waals surface area (Å²) < 4.78 is 39.6. The van der Waals surface area contributed by atoms with Crippen molar-refractivity contribution in [2.75, 3.05) is 26.0 Å². The van der Waals surface area contributed by atoms with E-state index in [0.29, 0.717) is 23.8 Å². The molecule has 1 amide bonds. The van der Waals surface area contributed by atoms with Crippen LogP contribution in [0.25, 0.3) is 0 Å². The fourth-order valence-electron chi connectivity index (χ4n) is 3.09. The summed E-state index contributed by atoms with van der Waals surface area (Å²) in [7, 11) is -0.655. The third kappa shape index (κ3) is 4.95. The molecule has 1 saturated carbocycles. The molecule has 0 saturated heterocycles. The van der Waals surface area contributed by atoms with Crippen LogP contribution in [0, 0.1) is 5.82 Å². The van der Waals surface area contributed by atoms with Gasteiger partial charge in [-0.1, -0.05) is 24.3 Å². The van der Waals surface area contributed by atoms with Gasteiger partial charge in [-0.3, -0.25) is 4.79 Å². The predicted molar refractivity (Wildman–Crippen MR) is 105 cm³/mol. The molecule has 8 heteroatoms. The van der Waals surface area contributed by atoms with E-state index in [1.807, 2.05) is 0 Å². The zero-order chi connectivity index (χ0) is 20.3. The summed E-state index contributed by atoms with van der Waals surface area (Å²) >= 11 is 0. The lowest BCUT2D eigenvalue weighted by Gasteiger charge is -2.19. The van der Waals surface area contributed by atoms with E-state index in [1.54, 1.807) is 30.3 Å². The molecule has 1 aliphatic carbocycles. The Kier molecular flexibility index (Phi) is 6.12. The molecule has 150 valence electrons. The van der Waals surface area contributed by atoms with Crippen LogP contribution < -0.4 is 10.2 Å². The van der Waals surface area contributed by atoms with Gasteiger partial charge in [-0.2, -0.15) is 0 Å². The molecule has 0 heterocycles. The second-order valence-electron chi connectivity index (χ2n) is 7.24. The minimum Gasteiger partial charge on any atom is -0.321 e. The van der Waals surface area contributed by atoms with Crippen LogP contribution in [0.1, 0.15) is 18.4 Å². The summed E-state index contributed by atoms with van der Waals surface area (Å²) in [5, 5.41) is 2.77. The molecule has 0 aliphatic heterocycles. The number of hydrogen-bond acceptors (Lipinski definition) is 3. The first-order chi connectivity index (χ1) is 13.3. The van der Waals surface area contributed by atoms with Crippen molar-refractivity contribution in [3.63, 3.8) is 0 Å². The number of carbonyl (C=O) groups is 1. The maximum atomic E-state index is 14.0. The van der Waals surface area contributed by atoms with Gasteiger partial charge in [-0.05, 0) is 24.3 Å². The van der Waals surface area contributed by atoms with Crippen LogP contribution in [-0.4, -0.2) is 45.3 Å². The van der Waals surface area contributed by atoms with Crippen molar-refractivity contribution in [1.82, 2.24) is 4.31 Å². The quantitative estimate of drug-likeness (QED) is 0.694. The SMILES string of the molecule is CN(C)S(=O)(=O)c1cccc(NC(=O)C[NH+](Cc2ccccc2F)C2CC2)c1. The highest BCUT2D eigenvalue weighted by Gasteiger charge is 2.35. The second-order valence-corrected chi connectivity index (χ2v) is 9.39. The molecular weight excluding hydrogens is 381 g/mol. The summed E-state index contributed by atoms with van der Waals surface area (Å²) in [4.78, 5) is 13.7. The van der Waals surface area contributed by atoms with E-state index in [2.05, 4.69) is 5.32 Å². The van der Waals surface area contributed by atoms with E-state index in [0.717, 1.165) is 22.0 Å². The van der Waals surface area contributed by atoms with E-state index in [-0.39, 0.29) is 23.2 Å².